The third-order valence-corrected chi connectivity index (χ3v) is 2.96. The minimum absolute atomic E-state index is 0.237. The van der Waals surface area contributed by atoms with Crippen LogP contribution in [0, 0.1) is 6.92 Å². The number of aromatic nitrogens is 1. The molecule has 5 nitrogen and oxygen atoms in total. The molecule has 0 bridgehead atoms. The van der Waals surface area contributed by atoms with Gasteiger partial charge < -0.3 is 10.1 Å². The van der Waals surface area contributed by atoms with Crippen molar-refractivity contribution in [1.82, 2.24) is 4.98 Å². The Morgan fingerprint density at radius 2 is 1.95 bits per heavy atom. The number of benzene rings is 1. The van der Waals surface area contributed by atoms with Crippen LogP contribution >= 0.6 is 11.6 Å². The highest BCUT2D eigenvalue weighted by Crippen LogP contribution is 2.18. The topological polar surface area (TPSA) is 68.3 Å². The standard InChI is InChI=1S/C15H13ClN2O3/c1-9-7-10(8-13(16)17-9)14(19)18-12-6-4-3-5-11(12)15(20)21-2/h3-8H,1-2H3,(H,18,19). The quantitative estimate of drug-likeness (QED) is 0.699. The van der Waals surface area contributed by atoms with Gasteiger partial charge in [0, 0.05) is 11.3 Å². The highest BCUT2D eigenvalue weighted by Gasteiger charge is 2.14. The molecule has 0 unspecified atom stereocenters. The van der Waals surface area contributed by atoms with E-state index in [0.29, 0.717) is 16.9 Å². The van der Waals surface area contributed by atoms with Crippen LogP contribution in [0.15, 0.2) is 36.4 Å². The average Bonchev–Trinajstić information content (AvgIpc) is 2.46. The van der Waals surface area contributed by atoms with E-state index in [0.717, 1.165) is 0 Å². The maximum absolute atomic E-state index is 12.2. The maximum atomic E-state index is 12.2. The Kier molecular flexibility index (Phi) is 4.55. The number of para-hydroxylation sites is 1. The van der Waals surface area contributed by atoms with E-state index in [-0.39, 0.29) is 16.6 Å². The first-order chi connectivity index (χ1) is 10.0. The van der Waals surface area contributed by atoms with Crippen molar-refractivity contribution in [2.24, 2.45) is 0 Å². The molecular formula is C15H13ClN2O3. The monoisotopic (exact) mass is 304 g/mol. The molecule has 1 N–H and O–H groups in total. The first kappa shape index (κ1) is 15.0. The average molecular weight is 305 g/mol. The van der Waals surface area contributed by atoms with Gasteiger partial charge in [-0.3, -0.25) is 4.79 Å². The predicted molar refractivity (Wildman–Crippen MR) is 79.7 cm³/mol. The minimum atomic E-state index is -0.519. The Morgan fingerprint density at radius 1 is 1.24 bits per heavy atom. The summed E-state index contributed by atoms with van der Waals surface area (Å²) in [7, 11) is 1.28. The number of aryl methyl sites for hydroxylation is 1. The van der Waals surface area contributed by atoms with E-state index in [1.54, 1.807) is 37.3 Å². The third-order valence-electron chi connectivity index (χ3n) is 2.76. The highest BCUT2D eigenvalue weighted by molar-refractivity contribution is 6.29. The van der Waals surface area contributed by atoms with Crippen LogP contribution < -0.4 is 5.32 Å². The predicted octanol–water partition coefficient (Wildman–Crippen LogP) is 3.08. The van der Waals surface area contributed by atoms with Crippen LogP contribution in [0.4, 0.5) is 5.69 Å². The number of carbonyl (C=O) groups excluding carboxylic acids is 2. The van der Waals surface area contributed by atoms with E-state index < -0.39 is 5.97 Å². The van der Waals surface area contributed by atoms with Crippen molar-refractivity contribution in [1.29, 1.82) is 0 Å². The number of amides is 1. The zero-order valence-corrected chi connectivity index (χ0v) is 12.3. The Bertz CT molecular complexity index is 681. The molecule has 0 atom stereocenters. The Morgan fingerprint density at radius 3 is 2.62 bits per heavy atom. The summed E-state index contributed by atoms with van der Waals surface area (Å²) in [6.45, 7) is 1.74. The van der Waals surface area contributed by atoms with Crippen molar-refractivity contribution in [3.05, 3.63) is 58.4 Å². The van der Waals surface area contributed by atoms with Gasteiger partial charge in [-0.25, -0.2) is 9.78 Å². The van der Waals surface area contributed by atoms with Gasteiger partial charge in [0.25, 0.3) is 5.91 Å². The Hall–Kier alpha value is -2.40. The highest BCUT2D eigenvalue weighted by atomic mass is 35.5. The molecule has 1 heterocycles. The summed E-state index contributed by atoms with van der Waals surface area (Å²) in [5, 5.41) is 2.91. The lowest BCUT2D eigenvalue weighted by Gasteiger charge is -2.10. The number of nitrogens with one attached hydrogen (secondary N) is 1. The van der Waals surface area contributed by atoms with Gasteiger partial charge in [0.05, 0.1) is 18.4 Å². The molecule has 0 fully saturated rings. The number of nitrogens with zero attached hydrogens (tertiary/aromatic N) is 1. The zero-order valence-electron chi connectivity index (χ0n) is 11.5. The summed E-state index contributed by atoms with van der Waals surface area (Å²) in [4.78, 5) is 27.9. The Labute approximate surface area is 126 Å². The Balaban J connectivity index is 2.30. The maximum Gasteiger partial charge on any atom is 0.339 e. The SMILES string of the molecule is COC(=O)c1ccccc1NC(=O)c1cc(C)nc(Cl)c1. The van der Waals surface area contributed by atoms with Gasteiger partial charge in [0.1, 0.15) is 5.15 Å². The summed E-state index contributed by atoms with van der Waals surface area (Å²) in [5.41, 5.74) is 1.66. The molecule has 0 saturated carbocycles. The summed E-state index contributed by atoms with van der Waals surface area (Å²) >= 11 is 5.84. The molecule has 0 aliphatic heterocycles. The zero-order chi connectivity index (χ0) is 15.4. The number of esters is 1. The number of rotatable bonds is 3. The molecule has 0 spiro atoms. The number of hydrogen-bond donors (Lipinski definition) is 1. The number of methoxy groups -OCH3 is 1. The summed E-state index contributed by atoms with van der Waals surface area (Å²) in [6, 6.07) is 9.68. The van der Waals surface area contributed by atoms with Crippen molar-refractivity contribution >= 4 is 29.2 Å². The molecule has 0 aliphatic carbocycles. The lowest BCUT2D eigenvalue weighted by molar-refractivity contribution is 0.0602. The molecule has 0 aliphatic rings. The summed E-state index contributed by atoms with van der Waals surface area (Å²) in [6.07, 6.45) is 0. The van der Waals surface area contributed by atoms with Crippen LogP contribution in [0.1, 0.15) is 26.4 Å². The fourth-order valence-electron chi connectivity index (χ4n) is 1.83. The first-order valence-electron chi connectivity index (χ1n) is 6.14. The van der Waals surface area contributed by atoms with Crippen molar-refractivity contribution in [3.63, 3.8) is 0 Å². The first-order valence-corrected chi connectivity index (χ1v) is 6.52. The molecule has 2 rings (SSSR count). The molecule has 0 saturated heterocycles. The summed E-state index contributed by atoms with van der Waals surface area (Å²) in [5.74, 6) is -0.895. The van der Waals surface area contributed by atoms with Crippen LogP contribution in [0.25, 0.3) is 0 Å². The smallest absolute Gasteiger partial charge is 0.339 e. The fraction of sp³-hybridized carbons (Fsp3) is 0.133. The van der Waals surface area contributed by atoms with Gasteiger partial charge in [-0.1, -0.05) is 23.7 Å². The molecular weight excluding hydrogens is 292 g/mol. The second kappa shape index (κ2) is 6.37. The second-order valence-corrected chi connectivity index (χ2v) is 4.70. The molecule has 2 aromatic rings. The van der Waals surface area contributed by atoms with E-state index in [2.05, 4.69) is 15.0 Å². The van der Waals surface area contributed by atoms with Crippen molar-refractivity contribution in [3.8, 4) is 0 Å². The minimum Gasteiger partial charge on any atom is -0.465 e. The van der Waals surface area contributed by atoms with Gasteiger partial charge >= 0.3 is 5.97 Å². The van der Waals surface area contributed by atoms with E-state index >= 15 is 0 Å². The van der Waals surface area contributed by atoms with Crippen molar-refractivity contribution < 1.29 is 14.3 Å². The van der Waals surface area contributed by atoms with Crippen molar-refractivity contribution in [2.75, 3.05) is 12.4 Å². The normalized spacial score (nSPS) is 10.0. The number of pyridine rings is 1. The third kappa shape index (κ3) is 3.58. The fourth-order valence-corrected chi connectivity index (χ4v) is 2.08. The van der Waals surface area contributed by atoms with E-state index in [1.165, 1.54) is 13.2 Å². The van der Waals surface area contributed by atoms with E-state index in [9.17, 15) is 9.59 Å². The van der Waals surface area contributed by atoms with Gasteiger partial charge in [-0.05, 0) is 31.2 Å². The number of carbonyl (C=O) groups is 2. The largest absolute Gasteiger partial charge is 0.465 e. The molecule has 21 heavy (non-hydrogen) atoms. The van der Waals surface area contributed by atoms with Crippen LogP contribution in [-0.4, -0.2) is 24.0 Å². The second-order valence-electron chi connectivity index (χ2n) is 4.31. The molecule has 108 valence electrons. The summed E-state index contributed by atoms with van der Waals surface area (Å²) < 4.78 is 4.68. The van der Waals surface area contributed by atoms with Gasteiger partial charge in [-0.15, -0.1) is 0 Å². The van der Waals surface area contributed by atoms with Crippen LogP contribution in [0.2, 0.25) is 5.15 Å². The molecule has 1 aromatic heterocycles. The van der Waals surface area contributed by atoms with Gasteiger partial charge in [-0.2, -0.15) is 0 Å². The van der Waals surface area contributed by atoms with E-state index in [4.69, 9.17) is 11.6 Å². The number of ether oxygens (including phenoxy) is 1. The molecule has 6 heteroatoms. The number of hydrogen-bond acceptors (Lipinski definition) is 4. The van der Waals surface area contributed by atoms with Crippen molar-refractivity contribution in [2.45, 2.75) is 6.92 Å². The van der Waals surface area contributed by atoms with Gasteiger partial charge in [0.15, 0.2) is 0 Å². The van der Waals surface area contributed by atoms with E-state index in [1.807, 2.05) is 0 Å². The number of halogens is 1. The molecule has 1 aromatic carbocycles. The number of anilines is 1. The van der Waals surface area contributed by atoms with Crippen LogP contribution in [-0.2, 0) is 4.74 Å². The lowest BCUT2D eigenvalue weighted by atomic mass is 10.1. The van der Waals surface area contributed by atoms with Crippen LogP contribution in [0.5, 0.6) is 0 Å². The molecule has 0 radical (unpaired) electrons. The lowest BCUT2D eigenvalue weighted by Crippen LogP contribution is -2.15. The van der Waals surface area contributed by atoms with Gasteiger partial charge in [0.2, 0.25) is 0 Å². The van der Waals surface area contributed by atoms with Crippen LogP contribution in [0.3, 0.4) is 0 Å². The molecule has 1 amide bonds.